The van der Waals surface area contributed by atoms with Crippen LogP contribution in [0.25, 0.3) is 0 Å². The Bertz CT molecular complexity index is 1090. The summed E-state index contributed by atoms with van der Waals surface area (Å²) in [6.45, 7) is 1.87. The number of hydrogen-bond donors (Lipinski definition) is 1. The summed E-state index contributed by atoms with van der Waals surface area (Å²) in [6.07, 6.45) is 0.231. The molecule has 1 amide bonds. The molecule has 3 aromatic carbocycles. The van der Waals surface area contributed by atoms with E-state index in [-0.39, 0.29) is 12.3 Å². The maximum Gasteiger partial charge on any atom is 0.228 e. The fourth-order valence-electron chi connectivity index (χ4n) is 3.16. The number of rotatable bonds is 6. The summed E-state index contributed by atoms with van der Waals surface area (Å²) in [5, 5.41) is 13.6. The topological polar surface area (TPSA) is 62.1 Å². The van der Waals surface area contributed by atoms with Gasteiger partial charge in [-0.1, -0.05) is 53.5 Å². The van der Waals surface area contributed by atoms with Gasteiger partial charge in [0.15, 0.2) is 0 Å². The highest BCUT2D eigenvalue weighted by Gasteiger charge is 2.19. The molecular formula is C24H20Cl2N2O2. The van der Waals surface area contributed by atoms with Crippen molar-refractivity contribution in [2.45, 2.75) is 19.3 Å². The van der Waals surface area contributed by atoms with Gasteiger partial charge in [-0.15, -0.1) is 0 Å². The molecule has 0 fully saturated rings. The Hall–Kier alpha value is -3.00. The first-order valence-corrected chi connectivity index (χ1v) is 10.0. The van der Waals surface area contributed by atoms with Gasteiger partial charge in [0, 0.05) is 15.7 Å². The molecule has 0 heterocycles. The Morgan fingerprint density at radius 1 is 1.10 bits per heavy atom. The molecule has 0 radical (unpaired) electrons. The summed E-state index contributed by atoms with van der Waals surface area (Å²) in [5.41, 5.74) is 3.81. The number of amides is 1. The minimum atomic E-state index is -0.530. The van der Waals surface area contributed by atoms with Gasteiger partial charge >= 0.3 is 0 Å². The van der Waals surface area contributed by atoms with Crippen molar-refractivity contribution in [3.63, 3.8) is 0 Å². The number of halogens is 2. The summed E-state index contributed by atoms with van der Waals surface area (Å²) >= 11 is 12.4. The second-order valence-corrected chi connectivity index (χ2v) is 7.72. The molecule has 3 rings (SSSR count). The zero-order valence-electron chi connectivity index (χ0n) is 16.6. The van der Waals surface area contributed by atoms with E-state index in [0.717, 1.165) is 22.4 Å². The molecule has 152 valence electrons. The van der Waals surface area contributed by atoms with Crippen LogP contribution in [0.3, 0.4) is 0 Å². The first-order valence-electron chi connectivity index (χ1n) is 9.29. The van der Waals surface area contributed by atoms with Crippen molar-refractivity contribution in [2.75, 3.05) is 12.4 Å². The van der Waals surface area contributed by atoms with E-state index in [0.29, 0.717) is 21.3 Å². The highest BCUT2D eigenvalue weighted by atomic mass is 35.5. The van der Waals surface area contributed by atoms with Gasteiger partial charge < -0.3 is 10.1 Å². The lowest BCUT2D eigenvalue weighted by Gasteiger charge is -2.16. The van der Waals surface area contributed by atoms with Gasteiger partial charge in [0.1, 0.15) is 5.75 Å². The minimum absolute atomic E-state index is 0.151. The fourth-order valence-corrected chi connectivity index (χ4v) is 3.56. The van der Waals surface area contributed by atoms with Crippen molar-refractivity contribution in [2.24, 2.45) is 0 Å². The second kappa shape index (κ2) is 9.67. The van der Waals surface area contributed by atoms with E-state index in [9.17, 15) is 10.1 Å². The number of benzene rings is 3. The molecule has 1 N–H and O–H groups in total. The van der Waals surface area contributed by atoms with Crippen LogP contribution in [0.4, 0.5) is 5.69 Å². The molecule has 0 aliphatic heterocycles. The predicted octanol–water partition coefficient (Wildman–Crippen LogP) is 6.15. The highest BCUT2D eigenvalue weighted by Crippen LogP contribution is 2.34. The van der Waals surface area contributed by atoms with Crippen LogP contribution < -0.4 is 10.1 Å². The molecule has 0 bridgehead atoms. The third-order valence-corrected chi connectivity index (χ3v) is 5.36. The molecule has 30 heavy (non-hydrogen) atoms. The van der Waals surface area contributed by atoms with Crippen molar-refractivity contribution < 1.29 is 9.53 Å². The number of methoxy groups -OCH3 is 1. The van der Waals surface area contributed by atoms with Gasteiger partial charge in [0.25, 0.3) is 0 Å². The normalized spacial score (nSPS) is 11.4. The Morgan fingerprint density at radius 2 is 1.77 bits per heavy atom. The van der Waals surface area contributed by atoms with Gasteiger partial charge in [-0.05, 0) is 59.5 Å². The van der Waals surface area contributed by atoms with E-state index in [4.69, 9.17) is 27.9 Å². The zero-order chi connectivity index (χ0) is 21.7. The van der Waals surface area contributed by atoms with Crippen molar-refractivity contribution >= 4 is 34.8 Å². The number of carbonyl (C=O) groups excluding carboxylic acids is 1. The van der Waals surface area contributed by atoms with E-state index in [1.165, 1.54) is 0 Å². The van der Waals surface area contributed by atoms with Crippen LogP contribution in [0.15, 0.2) is 60.7 Å². The predicted molar refractivity (Wildman–Crippen MR) is 120 cm³/mol. The number of ether oxygens (including phenoxy) is 1. The Morgan fingerprint density at radius 3 is 2.37 bits per heavy atom. The van der Waals surface area contributed by atoms with Crippen molar-refractivity contribution in [3.8, 4) is 11.8 Å². The van der Waals surface area contributed by atoms with Crippen molar-refractivity contribution in [3.05, 3.63) is 93.0 Å². The largest absolute Gasteiger partial charge is 0.497 e. The Labute approximate surface area is 186 Å². The van der Waals surface area contributed by atoms with Gasteiger partial charge in [0.05, 0.1) is 25.5 Å². The molecular weight excluding hydrogens is 419 g/mol. The SMILES string of the molecule is COc1ccc(CC(=O)Nc2cc(Cl)c(C(C#N)c3ccc(Cl)cc3)cc2C)cc1. The second-order valence-electron chi connectivity index (χ2n) is 6.88. The van der Waals surface area contributed by atoms with Crippen molar-refractivity contribution in [1.82, 2.24) is 0 Å². The van der Waals surface area contributed by atoms with Crippen LogP contribution in [-0.2, 0) is 11.2 Å². The number of anilines is 1. The minimum Gasteiger partial charge on any atom is -0.497 e. The smallest absolute Gasteiger partial charge is 0.228 e. The quantitative estimate of drug-likeness (QED) is 0.501. The van der Waals surface area contributed by atoms with E-state index in [2.05, 4.69) is 11.4 Å². The Kier molecular flexibility index (Phi) is 6.99. The Balaban J connectivity index is 1.78. The van der Waals surface area contributed by atoms with Crippen LogP contribution in [0, 0.1) is 18.3 Å². The van der Waals surface area contributed by atoms with Crippen LogP contribution in [0.2, 0.25) is 10.0 Å². The molecule has 6 heteroatoms. The molecule has 1 atom stereocenters. The number of hydrogen-bond acceptors (Lipinski definition) is 3. The molecule has 4 nitrogen and oxygen atoms in total. The number of nitrogens with zero attached hydrogens (tertiary/aromatic N) is 1. The van der Waals surface area contributed by atoms with E-state index < -0.39 is 5.92 Å². The van der Waals surface area contributed by atoms with Crippen LogP contribution in [-0.4, -0.2) is 13.0 Å². The molecule has 0 aliphatic rings. The van der Waals surface area contributed by atoms with Gasteiger partial charge in [-0.2, -0.15) is 5.26 Å². The molecule has 0 aromatic heterocycles. The summed E-state index contributed by atoms with van der Waals surface area (Å²) in [7, 11) is 1.60. The molecule has 0 spiro atoms. The lowest BCUT2D eigenvalue weighted by atomic mass is 9.91. The zero-order valence-corrected chi connectivity index (χ0v) is 18.1. The van der Waals surface area contributed by atoms with Gasteiger partial charge in [-0.25, -0.2) is 0 Å². The monoisotopic (exact) mass is 438 g/mol. The average molecular weight is 439 g/mol. The standard InChI is InChI=1S/C24H20Cl2N2O2/c1-15-11-20(21(14-27)17-5-7-18(25)8-6-17)22(26)13-23(15)28-24(29)12-16-3-9-19(30-2)10-4-16/h3-11,13,21H,12H2,1-2H3,(H,28,29). The maximum atomic E-state index is 12.5. The third-order valence-electron chi connectivity index (χ3n) is 4.78. The number of carbonyl (C=O) groups is 1. The average Bonchev–Trinajstić information content (AvgIpc) is 2.73. The molecule has 0 saturated heterocycles. The van der Waals surface area contributed by atoms with Crippen molar-refractivity contribution in [1.29, 1.82) is 5.26 Å². The van der Waals surface area contributed by atoms with Crippen LogP contribution in [0.5, 0.6) is 5.75 Å². The lowest BCUT2D eigenvalue weighted by Crippen LogP contribution is -2.15. The molecule has 1 unspecified atom stereocenters. The molecule has 0 saturated carbocycles. The van der Waals surface area contributed by atoms with Gasteiger partial charge in [0.2, 0.25) is 5.91 Å². The lowest BCUT2D eigenvalue weighted by molar-refractivity contribution is -0.115. The summed E-state index contributed by atoms with van der Waals surface area (Å²) in [5.74, 6) is 0.0595. The summed E-state index contributed by atoms with van der Waals surface area (Å²) in [6, 6.07) is 20.3. The third kappa shape index (κ3) is 5.13. The number of aryl methyl sites for hydroxylation is 1. The molecule has 0 aliphatic carbocycles. The number of nitrogens with one attached hydrogen (secondary N) is 1. The highest BCUT2D eigenvalue weighted by molar-refractivity contribution is 6.32. The maximum absolute atomic E-state index is 12.5. The summed E-state index contributed by atoms with van der Waals surface area (Å²) in [4.78, 5) is 12.5. The van der Waals surface area contributed by atoms with E-state index in [1.807, 2.05) is 49.4 Å². The van der Waals surface area contributed by atoms with E-state index >= 15 is 0 Å². The fraction of sp³-hybridized carbons (Fsp3) is 0.167. The van der Waals surface area contributed by atoms with Crippen LogP contribution >= 0.6 is 23.2 Å². The first-order chi connectivity index (χ1) is 14.4. The van der Waals surface area contributed by atoms with Crippen LogP contribution in [0.1, 0.15) is 28.2 Å². The van der Waals surface area contributed by atoms with E-state index in [1.54, 1.807) is 25.3 Å². The molecule has 3 aromatic rings. The van der Waals surface area contributed by atoms with Gasteiger partial charge in [-0.3, -0.25) is 4.79 Å². The number of nitriles is 1. The summed E-state index contributed by atoms with van der Waals surface area (Å²) < 4.78 is 5.13. The first kappa shape index (κ1) is 21.7.